The Bertz CT molecular complexity index is 1310. The molecule has 0 saturated carbocycles. The van der Waals surface area contributed by atoms with Crippen molar-refractivity contribution in [3.8, 4) is 0 Å². The van der Waals surface area contributed by atoms with Gasteiger partial charge in [0.05, 0.1) is 0 Å². The molecule has 0 amide bonds. The zero-order valence-electron chi connectivity index (χ0n) is 27.4. The number of hydrogen-bond acceptors (Lipinski definition) is 0. The van der Waals surface area contributed by atoms with E-state index in [0.717, 1.165) is 0 Å². The third kappa shape index (κ3) is 6.44. The average molecular weight is 600 g/mol. The van der Waals surface area contributed by atoms with Gasteiger partial charge < -0.3 is 0 Å². The SMILES string of the molecule is CC1(C)CB(C2=C(c3ccccc3)C(B3CC(C)(C)C(C)(C)C3)=C(c3ccccc3)CC2)CC1(C)C.[CH]1C=CC=C1.[Co]. The Kier molecular flexibility index (Phi) is 9.86. The van der Waals surface area contributed by atoms with E-state index >= 15 is 0 Å². The Hall–Kier alpha value is -1.96. The van der Waals surface area contributed by atoms with Crippen molar-refractivity contribution in [3.63, 3.8) is 0 Å². The van der Waals surface area contributed by atoms with Crippen LogP contribution in [0, 0.1) is 28.1 Å². The van der Waals surface area contributed by atoms with E-state index in [9.17, 15) is 0 Å². The van der Waals surface area contributed by atoms with Crippen LogP contribution in [-0.2, 0) is 16.8 Å². The summed E-state index contributed by atoms with van der Waals surface area (Å²) in [7, 11) is 0. The van der Waals surface area contributed by atoms with Crippen molar-refractivity contribution in [1.29, 1.82) is 0 Å². The molecule has 2 aliphatic heterocycles. The minimum atomic E-state index is 0. The molecule has 0 atom stereocenters. The molecule has 0 nitrogen and oxygen atoms in total. The van der Waals surface area contributed by atoms with Crippen LogP contribution >= 0.6 is 0 Å². The van der Waals surface area contributed by atoms with E-state index in [1.807, 2.05) is 30.7 Å². The Morgan fingerprint density at radius 2 is 0.929 bits per heavy atom. The second-order valence-electron chi connectivity index (χ2n) is 15.7. The fraction of sp³-hybridized carbons (Fsp3) is 0.462. The van der Waals surface area contributed by atoms with Crippen molar-refractivity contribution in [2.75, 3.05) is 0 Å². The molecule has 222 valence electrons. The van der Waals surface area contributed by atoms with E-state index in [0.29, 0.717) is 35.1 Å². The molecule has 2 heterocycles. The molecule has 3 heteroatoms. The first kappa shape index (κ1) is 32.9. The Balaban J connectivity index is 0.000000612. The van der Waals surface area contributed by atoms with Crippen molar-refractivity contribution in [3.05, 3.63) is 113 Å². The van der Waals surface area contributed by atoms with Crippen LogP contribution in [0.5, 0.6) is 0 Å². The predicted octanol–water partition coefficient (Wildman–Crippen LogP) is 11.2. The Morgan fingerprint density at radius 3 is 1.36 bits per heavy atom. The van der Waals surface area contributed by atoms with Crippen LogP contribution < -0.4 is 0 Å². The standard InChI is InChI=1S/C34H46B2.C5H5.Co/c1-31(2)21-35(22-32(31,3)4)28-20-19-27(25-15-11-9-12-16-25)30(29(28)26-17-13-10-14-18-26)36-23-33(5,6)34(7,8)24-36;1-2-4-5-3-1;/h9-18H,19-24H2,1-8H3;1-5H;. The maximum atomic E-state index is 2.51. The van der Waals surface area contributed by atoms with Crippen molar-refractivity contribution >= 4 is 24.6 Å². The number of hydrogen-bond donors (Lipinski definition) is 0. The molecule has 2 saturated heterocycles. The molecule has 0 N–H and O–H groups in total. The van der Waals surface area contributed by atoms with Gasteiger partial charge in [-0.25, -0.2) is 0 Å². The normalized spacial score (nSPS) is 23.1. The molecule has 2 radical (unpaired) electrons. The topological polar surface area (TPSA) is 0 Å². The minimum Gasteiger partial charge on any atom is -0.0936 e. The summed E-state index contributed by atoms with van der Waals surface area (Å²) in [6, 6.07) is 22.8. The van der Waals surface area contributed by atoms with Gasteiger partial charge in [-0.15, -0.1) is 0 Å². The molecule has 4 aliphatic rings. The third-order valence-corrected chi connectivity index (χ3v) is 11.9. The largest absolute Gasteiger partial charge is 0.178 e. The van der Waals surface area contributed by atoms with E-state index in [1.165, 1.54) is 49.2 Å². The second-order valence-corrected chi connectivity index (χ2v) is 15.7. The van der Waals surface area contributed by atoms with Crippen molar-refractivity contribution in [2.24, 2.45) is 21.7 Å². The Morgan fingerprint density at radius 1 is 0.500 bits per heavy atom. The first-order chi connectivity index (χ1) is 19.3. The molecule has 2 aliphatic carbocycles. The van der Waals surface area contributed by atoms with E-state index in [-0.39, 0.29) is 16.8 Å². The zero-order valence-corrected chi connectivity index (χ0v) is 28.4. The summed E-state index contributed by atoms with van der Waals surface area (Å²) in [4.78, 5) is 0. The molecule has 0 spiro atoms. The van der Waals surface area contributed by atoms with Crippen molar-refractivity contribution in [2.45, 2.75) is 93.5 Å². The van der Waals surface area contributed by atoms with Gasteiger partial charge in [-0.05, 0) is 56.8 Å². The second kappa shape index (κ2) is 12.6. The first-order valence-electron chi connectivity index (χ1n) is 16.1. The number of benzene rings is 2. The van der Waals surface area contributed by atoms with E-state index in [1.54, 1.807) is 22.1 Å². The van der Waals surface area contributed by atoms with Gasteiger partial charge in [0.15, 0.2) is 13.4 Å². The predicted molar refractivity (Wildman–Crippen MR) is 184 cm³/mol. The van der Waals surface area contributed by atoms with Gasteiger partial charge in [0.2, 0.25) is 0 Å². The van der Waals surface area contributed by atoms with Gasteiger partial charge in [-0.3, -0.25) is 0 Å². The van der Waals surface area contributed by atoms with Crippen LogP contribution in [0.2, 0.25) is 25.3 Å². The van der Waals surface area contributed by atoms with Crippen LogP contribution in [0.4, 0.5) is 0 Å². The fourth-order valence-electron chi connectivity index (χ4n) is 8.07. The smallest absolute Gasteiger partial charge is 0.0936 e. The van der Waals surface area contributed by atoms with Gasteiger partial charge in [0.25, 0.3) is 0 Å². The maximum absolute atomic E-state index is 2.51. The molecule has 0 unspecified atom stereocenters. The van der Waals surface area contributed by atoms with Gasteiger partial charge in [0.1, 0.15) is 0 Å². The zero-order chi connectivity index (χ0) is 29.5. The maximum Gasteiger partial charge on any atom is 0.178 e. The minimum absolute atomic E-state index is 0. The molecular formula is C39H51B2Co. The monoisotopic (exact) mass is 600 g/mol. The summed E-state index contributed by atoms with van der Waals surface area (Å²) in [5.74, 6) is 0. The summed E-state index contributed by atoms with van der Waals surface area (Å²) in [6.07, 6.45) is 17.5. The van der Waals surface area contributed by atoms with E-state index in [4.69, 9.17) is 0 Å². The van der Waals surface area contributed by atoms with Crippen LogP contribution in [0.3, 0.4) is 0 Å². The van der Waals surface area contributed by atoms with Crippen LogP contribution in [0.25, 0.3) is 11.1 Å². The van der Waals surface area contributed by atoms with Gasteiger partial charge in [-0.1, -0.05) is 177 Å². The first-order valence-corrected chi connectivity index (χ1v) is 16.1. The summed E-state index contributed by atoms with van der Waals surface area (Å²) in [5.41, 5.74) is 11.0. The van der Waals surface area contributed by atoms with Gasteiger partial charge in [-0.2, -0.15) is 0 Å². The fourth-order valence-corrected chi connectivity index (χ4v) is 8.07. The molecule has 2 aromatic rings. The molecule has 2 fully saturated rings. The van der Waals surface area contributed by atoms with E-state index < -0.39 is 0 Å². The van der Waals surface area contributed by atoms with Crippen molar-refractivity contribution < 1.29 is 16.8 Å². The summed E-state index contributed by atoms with van der Waals surface area (Å²) in [5, 5.41) is 0. The van der Waals surface area contributed by atoms with Gasteiger partial charge >= 0.3 is 0 Å². The number of allylic oxidation sites excluding steroid dienone is 8. The summed E-state index contributed by atoms with van der Waals surface area (Å²) >= 11 is 0. The molecule has 0 bridgehead atoms. The van der Waals surface area contributed by atoms with Crippen LogP contribution in [-0.4, -0.2) is 13.4 Å². The Labute approximate surface area is 269 Å². The molecular weight excluding hydrogens is 549 g/mol. The summed E-state index contributed by atoms with van der Waals surface area (Å²) < 4.78 is 0. The van der Waals surface area contributed by atoms with Crippen molar-refractivity contribution in [1.82, 2.24) is 0 Å². The summed E-state index contributed by atoms with van der Waals surface area (Å²) in [6.45, 7) is 21.3. The molecule has 6 rings (SSSR count). The molecule has 0 aromatic heterocycles. The molecule has 2 aromatic carbocycles. The quantitative estimate of drug-likeness (QED) is 0.307. The van der Waals surface area contributed by atoms with Crippen LogP contribution in [0.15, 0.2) is 95.9 Å². The van der Waals surface area contributed by atoms with Gasteiger partial charge in [0, 0.05) is 23.2 Å². The molecule has 42 heavy (non-hydrogen) atoms. The van der Waals surface area contributed by atoms with E-state index in [2.05, 4.69) is 116 Å². The number of rotatable bonds is 4. The third-order valence-electron chi connectivity index (χ3n) is 11.9. The average Bonchev–Trinajstić information content (AvgIpc) is 3.63. The van der Waals surface area contributed by atoms with Crippen LogP contribution in [0.1, 0.15) is 79.4 Å².